The molecule has 0 unspecified atom stereocenters. The number of rotatable bonds is 4. The van der Waals surface area contributed by atoms with E-state index in [2.05, 4.69) is 104 Å². The number of benzene rings is 3. The van der Waals surface area contributed by atoms with Crippen LogP contribution in [-0.2, 0) is 7.05 Å². The summed E-state index contributed by atoms with van der Waals surface area (Å²) in [5, 5.41) is 4.07. The molecule has 0 saturated carbocycles. The van der Waals surface area contributed by atoms with Crippen molar-refractivity contribution < 1.29 is 4.68 Å². The van der Waals surface area contributed by atoms with E-state index >= 15 is 0 Å². The second kappa shape index (κ2) is 7.49. The molecule has 1 heterocycles. The van der Waals surface area contributed by atoms with Gasteiger partial charge in [0.2, 0.25) is 5.69 Å². The molecule has 0 radical (unpaired) electrons. The minimum atomic E-state index is -0.591. The van der Waals surface area contributed by atoms with E-state index in [-0.39, 0.29) is 0 Å². The van der Waals surface area contributed by atoms with Gasteiger partial charge < -0.3 is 0 Å². The molecule has 4 heteroatoms. The van der Waals surface area contributed by atoms with Crippen molar-refractivity contribution in [3.63, 3.8) is 0 Å². The standard InChI is InChI=1S/C22H20N2PS/c1-23-22(15-16-24(23)26)18-9-8-14-21(17-18)25(19-10-4-2-5-11-19)20-12-6-3-7-13-20/h2-17,26H,1H3/q+1. The Labute approximate surface area is 161 Å². The summed E-state index contributed by atoms with van der Waals surface area (Å²) in [6, 6.07) is 32.5. The molecule has 0 aliphatic heterocycles. The van der Waals surface area contributed by atoms with Crippen molar-refractivity contribution in [3.8, 4) is 11.3 Å². The lowest BCUT2D eigenvalue weighted by atomic mass is 10.1. The van der Waals surface area contributed by atoms with Crippen LogP contribution in [0.25, 0.3) is 11.3 Å². The molecule has 0 aliphatic rings. The summed E-state index contributed by atoms with van der Waals surface area (Å²) in [5.41, 5.74) is 2.36. The van der Waals surface area contributed by atoms with Crippen LogP contribution >= 0.6 is 20.7 Å². The zero-order chi connectivity index (χ0) is 17.9. The lowest BCUT2D eigenvalue weighted by Crippen LogP contribution is -2.36. The van der Waals surface area contributed by atoms with E-state index < -0.39 is 7.92 Å². The Hall–Kier alpha value is -2.35. The third-order valence-corrected chi connectivity index (χ3v) is 7.28. The van der Waals surface area contributed by atoms with Gasteiger partial charge in [-0.2, -0.15) is 0 Å². The quantitative estimate of drug-likeness (QED) is 0.318. The lowest BCUT2D eigenvalue weighted by Gasteiger charge is -2.19. The Morgan fingerprint density at radius 2 is 1.31 bits per heavy atom. The molecule has 2 nitrogen and oxygen atoms in total. The summed E-state index contributed by atoms with van der Waals surface area (Å²) in [6.07, 6.45) is 1.96. The number of nitrogens with zero attached hydrogens (tertiary/aromatic N) is 2. The van der Waals surface area contributed by atoms with E-state index in [4.69, 9.17) is 0 Å². The minimum absolute atomic E-state index is 0.591. The summed E-state index contributed by atoms with van der Waals surface area (Å²) in [4.78, 5) is 0. The Morgan fingerprint density at radius 3 is 1.85 bits per heavy atom. The van der Waals surface area contributed by atoms with Crippen LogP contribution in [-0.4, -0.2) is 4.09 Å². The van der Waals surface area contributed by atoms with Gasteiger partial charge in [-0.25, -0.2) is 0 Å². The smallest absolute Gasteiger partial charge is 0.103 e. The Kier molecular flexibility index (Phi) is 4.92. The van der Waals surface area contributed by atoms with Crippen LogP contribution in [0.3, 0.4) is 0 Å². The predicted molar refractivity (Wildman–Crippen MR) is 114 cm³/mol. The highest BCUT2D eigenvalue weighted by Gasteiger charge is 2.19. The fraction of sp³-hybridized carbons (Fsp3) is 0.0455. The van der Waals surface area contributed by atoms with Crippen LogP contribution in [0.2, 0.25) is 0 Å². The van der Waals surface area contributed by atoms with Crippen LogP contribution < -0.4 is 20.6 Å². The van der Waals surface area contributed by atoms with Gasteiger partial charge in [0.15, 0.2) is 7.05 Å². The van der Waals surface area contributed by atoms with Gasteiger partial charge in [0.25, 0.3) is 0 Å². The maximum absolute atomic E-state index is 4.43. The lowest BCUT2D eigenvalue weighted by molar-refractivity contribution is -0.725. The van der Waals surface area contributed by atoms with Gasteiger partial charge in [0.1, 0.15) is 0 Å². The topological polar surface area (TPSA) is 8.81 Å². The number of hydrogen-bond acceptors (Lipinski definition) is 1. The molecule has 0 aliphatic carbocycles. The predicted octanol–water partition coefficient (Wildman–Crippen LogP) is 3.43. The molecular formula is C22H20N2PS+. The first-order chi connectivity index (χ1) is 12.7. The highest BCUT2D eigenvalue weighted by Crippen LogP contribution is 2.33. The van der Waals surface area contributed by atoms with Crippen LogP contribution in [0.5, 0.6) is 0 Å². The van der Waals surface area contributed by atoms with Gasteiger partial charge in [-0.3, -0.25) is 0 Å². The van der Waals surface area contributed by atoms with Gasteiger partial charge in [-0.05, 0) is 36.0 Å². The van der Waals surface area contributed by atoms with E-state index in [9.17, 15) is 0 Å². The second-order valence-corrected chi connectivity index (χ2v) is 8.73. The molecule has 0 atom stereocenters. The first kappa shape index (κ1) is 17.1. The van der Waals surface area contributed by atoms with Gasteiger partial charge in [0.05, 0.1) is 6.20 Å². The Balaban J connectivity index is 1.85. The SMILES string of the molecule is C[n+]1c(-c2cccc(P(c3ccccc3)c3ccccc3)c2)ccn1S. The van der Waals surface area contributed by atoms with Gasteiger partial charge in [0, 0.05) is 24.4 Å². The van der Waals surface area contributed by atoms with Crippen molar-refractivity contribution in [1.82, 2.24) is 4.09 Å². The summed E-state index contributed by atoms with van der Waals surface area (Å²) < 4.78 is 3.83. The molecule has 4 rings (SSSR count). The average Bonchev–Trinajstić information content (AvgIpc) is 3.03. The molecule has 3 aromatic carbocycles. The van der Waals surface area contributed by atoms with E-state index in [1.807, 2.05) is 17.9 Å². The molecule has 0 saturated heterocycles. The zero-order valence-electron chi connectivity index (χ0n) is 14.5. The fourth-order valence-electron chi connectivity index (χ4n) is 3.14. The van der Waals surface area contributed by atoms with Gasteiger partial charge in [-0.15, -0.1) is 8.77 Å². The van der Waals surface area contributed by atoms with E-state index in [1.165, 1.54) is 21.5 Å². The van der Waals surface area contributed by atoms with Crippen LogP contribution in [0, 0.1) is 0 Å². The zero-order valence-corrected chi connectivity index (χ0v) is 16.3. The maximum atomic E-state index is 4.43. The van der Waals surface area contributed by atoms with Crippen molar-refractivity contribution in [2.45, 2.75) is 0 Å². The maximum Gasteiger partial charge on any atom is 0.239 e. The molecule has 4 aromatic rings. The number of hydrogen-bond donors (Lipinski definition) is 1. The Bertz CT molecular complexity index is 973. The molecule has 128 valence electrons. The summed E-state index contributed by atoms with van der Waals surface area (Å²) in [6.45, 7) is 0. The molecule has 0 N–H and O–H groups in total. The first-order valence-electron chi connectivity index (χ1n) is 8.51. The fourth-order valence-corrected chi connectivity index (χ4v) is 5.65. The highest BCUT2D eigenvalue weighted by molar-refractivity contribution is 7.79. The Morgan fingerprint density at radius 1 is 0.731 bits per heavy atom. The van der Waals surface area contributed by atoms with Gasteiger partial charge >= 0.3 is 0 Å². The van der Waals surface area contributed by atoms with E-state index in [1.54, 1.807) is 4.09 Å². The number of thiol groups is 1. The molecule has 0 fully saturated rings. The average molecular weight is 375 g/mol. The molecule has 1 aromatic heterocycles. The highest BCUT2D eigenvalue weighted by atomic mass is 32.1. The van der Waals surface area contributed by atoms with Crippen molar-refractivity contribution in [2.24, 2.45) is 7.05 Å². The largest absolute Gasteiger partial charge is 0.239 e. The molecule has 0 amide bonds. The normalized spacial score (nSPS) is 11.0. The molecule has 0 spiro atoms. The first-order valence-corrected chi connectivity index (χ1v) is 10.3. The monoisotopic (exact) mass is 375 g/mol. The van der Waals surface area contributed by atoms with Crippen LogP contribution in [0.1, 0.15) is 0 Å². The molecule has 0 bridgehead atoms. The van der Waals surface area contributed by atoms with Crippen LogP contribution in [0.4, 0.5) is 0 Å². The summed E-state index contributed by atoms with van der Waals surface area (Å²) in [5.74, 6) is 0. The second-order valence-electron chi connectivity index (χ2n) is 6.10. The third kappa shape index (κ3) is 3.33. The van der Waals surface area contributed by atoms with Crippen molar-refractivity contribution in [3.05, 3.63) is 97.2 Å². The van der Waals surface area contributed by atoms with Crippen molar-refractivity contribution in [1.29, 1.82) is 0 Å². The van der Waals surface area contributed by atoms with E-state index in [0.29, 0.717) is 0 Å². The van der Waals surface area contributed by atoms with Crippen molar-refractivity contribution >= 4 is 36.7 Å². The third-order valence-electron chi connectivity index (χ3n) is 4.45. The minimum Gasteiger partial charge on any atom is -0.103 e. The molecule has 26 heavy (non-hydrogen) atoms. The summed E-state index contributed by atoms with van der Waals surface area (Å²) in [7, 11) is 1.43. The van der Waals surface area contributed by atoms with E-state index in [0.717, 1.165) is 5.69 Å². The summed E-state index contributed by atoms with van der Waals surface area (Å²) >= 11 is 4.43. The molecular weight excluding hydrogens is 355 g/mol. The number of aromatic nitrogens is 2. The van der Waals surface area contributed by atoms with Gasteiger partial charge in [-0.1, -0.05) is 72.8 Å². The van der Waals surface area contributed by atoms with Crippen LogP contribution in [0.15, 0.2) is 97.2 Å². The van der Waals surface area contributed by atoms with Crippen molar-refractivity contribution in [2.75, 3.05) is 0 Å².